The molecule has 2 fully saturated rings. The molecule has 0 aromatic rings. The summed E-state index contributed by atoms with van der Waals surface area (Å²) < 4.78 is 29.0. The summed E-state index contributed by atoms with van der Waals surface area (Å²) in [5.74, 6) is 0.0395. The van der Waals surface area contributed by atoms with E-state index in [2.05, 4.69) is 16.5 Å². The zero-order valence-corrected chi connectivity index (χ0v) is 20.3. The second kappa shape index (κ2) is 11.9. The second-order valence-corrected chi connectivity index (χ2v) is 8.86. The Morgan fingerprint density at radius 1 is 1.45 bits per heavy atom. The Labute approximate surface area is 197 Å². The molecule has 33 heavy (non-hydrogen) atoms. The molecule has 0 N–H and O–H groups in total. The normalized spacial score (nSPS) is 36.5. The number of carbonyl (C=O) groups is 1. The van der Waals surface area contributed by atoms with Gasteiger partial charge in [0.1, 0.15) is 6.61 Å². The van der Waals surface area contributed by atoms with E-state index < -0.39 is 42.5 Å². The molecule has 2 saturated heterocycles. The maximum atomic E-state index is 12.6. The summed E-state index contributed by atoms with van der Waals surface area (Å²) in [6, 6.07) is -0.270. The Morgan fingerprint density at radius 2 is 2.15 bits per heavy atom. The molecule has 183 valence electrons. The first kappa shape index (κ1) is 27.3. The van der Waals surface area contributed by atoms with E-state index >= 15 is 0 Å². The van der Waals surface area contributed by atoms with Crippen LogP contribution in [0, 0.1) is 12.5 Å². The predicted molar refractivity (Wildman–Crippen MR) is 120 cm³/mol. The first-order valence-corrected chi connectivity index (χ1v) is 11.1. The predicted octanol–water partition coefficient (Wildman–Crippen LogP) is 2.88. The van der Waals surface area contributed by atoms with Crippen LogP contribution in [0.3, 0.4) is 0 Å². The summed E-state index contributed by atoms with van der Waals surface area (Å²) >= 11 is 0. The van der Waals surface area contributed by atoms with Crippen LogP contribution in [0.1, 0.15) is 41.0 Å². The average Bonchev–Trinajstić information content (AvgIpc) is 2.77. The van der Waals surface area contributed by atoms with Crippen molar-refractivity contribution in [2.24, 2.45) is 11.0 Å². The van der Waals surface area contributed by atoms with Crippen LogP contribution in [0.15, 0.2) is 17.7 Å². The van der Waals surface area contributed by atoms with Gasteiger partial charge in [-0.25, -0.2) is 0 Å². The SMILES string of the molecule is [B]=NOC1OC(C)C(C)([N+]#[C-])C(OC)C1OC1CC(C)C(N(C(=O)OCC=C)C(C)C)CO1. The van der Waals surface area contributed by atoms with Gasteiger partial charge in [0.15, 0.2) is 0 Å². The number of carbonyl (C=O) groups excluding carboxylic acids is 1. The zero-order valence-electron chi connectivity index (χ0n) is 20.3. The summed E-state index contributed by atoms with van der Waals surface area (Å²) in [6.45, 7) is 21.1. The summed E-state index contributed by atoms with van der Waals surface area (Å²) in [4.78, 5) is 23.2. The Hall–Kier alpha value is -2.00. The van der Waals surface area contributed by atoms with Gasteiger partial charge in [-0.3, -0.25) is 0 Å². The molecule has 2 rings (SSSR count). The van der Waals surface area contributed by atoms with Crippen molar-refractivity contribution in [2.45, 2.75) is 89.6 Å². The zero-order chi connectivity index (χ0) is 24.8. The molecule has 2 heterocycles. The molecule has 2 aliphatic rings. The number of rotatable bonds is 9. The van der Waals surface area contributed by atoms with Gasteiger partial charge >= 0.3 is 178 Å². The van der Waals surface area contributed by atoms with Crippen molar-refractivity contribution < 1.29 is 33.3 Å². The van der Waals surface area contributed by atoms with Crippen molar-refractivity contribution >= 4 is 13.7 Å². The third-order valence-corrected chi connectivity index (χ3v) is 6.40. The van der Waals surface area contributed by atoms with Crippen LogP contribution >= 0.6 is 0 Å². The minimum absolute atomic E-state index is 0.0395. The van der Waals surface area contributed by atoms with Crippen LogP contribution in [-0.2, 0) is 28.5 Å². The van der Waals surface area contributed by atoms with Crippen LogP contribution in [0.5, 0.6) is 0 Å². The molecule has 0 saturated carbocycles. The maximum absolute atomic E-state index is 12.6. The molecule has 10 nitrogen and oxygen atoms in total. The fourth-order valence-corrected chi connectivity index (χ4v) is 4.39. The standard InChI is InChI=1S/C22H35BN3O7/c1-9-10-29-21(27)26(13(2)3)16-12-30-17(11-14(16)4)32-18-19(28-8)22(6,24-7)15(5)31-20(18)33-25-23/h9,13-20H,1,10-12H2,2-6,8H3. The van der Waals surface area contributed by atoms with Gasteiger partial charge in [-0.15, -0.1) is 0 Å². The second-order valence-electron chi connectivity index (χ2n) is 8.86. The third-order valence-electron chi connectivity index (χ3n) is 6.40. The van der Waals surface area contributed by atoms with Crippen LogP contribution in [0.2, 0.25) is 0 Å². The molecule has 11 heteroatoms. The number of hydrogen-bond acceptors (Lipinski definition) is 8. The summed E-state index contributed by atoms with van der Waals surface area (Å²) in [5, 5.41) is 3.25. The third kappa shape index (κ3) is 5.93. The molecular weight excluding hydrogens is 429 g/mol. The summed E-state index contributed by atoms with van der Waals surface area (Å²) in [7, 11) is 6.74. The Balaban J connectivity index is 2.16. The minimum atomic E-state index is -1.01. The fourth-order valence-electron chi connectivity index (χ4n) is 4.39. The van der Waals surface area contributed by atoms with E-state index in [0.717, 1.165) is 0 Å². The van der Waals surface area contributed by atoms with E-state index in [1.165, 1.54) is 13.2 Å². The first-order chi connectivity index (χ1) is 15.6. The van der Waals surface area contributed by atoms with Gasteiger partial charge < -0.3 is 0 Å². The Kier molecular flexibility index (Phi) is 9.85. The Morgan fingerprint density at radius 3 is 2.67 bits per heavy atom. The van der Waals surface area contributed by atoms with Crippen LogP contribution in [0.25, 0.3) is 4.85 Å². The van der Waals surface area contributed by atoms with Crippen molar-refractivity contribution in [3.05, 3.63) is 24.1 Å². The van der Waals surface area contributed by atoms with Crippen LogP contribution in [0.4, 0.5) is 4.79 Å². The quantitative estimate of drug-likeness (QED) is 0.224. The number of methoxy groups -OCH3 is 1. The van der Waals surface area contributed by atoms with Crippen molar-refractivity contribution in [2.75, 3.05) is 20.3 Å². The first-order valence-electron chi connectivity index (χ1n) is 11.1. The molecule has 0 bridgehead atoms. The van der Waals surface area contributed by atoms with Gasteiger partial charge in [-0.2, -0.15) is 0 Å². The van der Waals surface area contributed by atoms with Gasteiger partial charge in [-0.1, -0.05) is 12.7 Å². The van der Waals surface area contributed by atoms with Crippen molar-refractivity contribution in [1.82, 2.24) is 4.90 Å². The van der Waals surface area contributed by atoms with Crippen molar-refractivity contribution in [3.8, 4) is 0 Å². The molecule has 1 radical (unpaired) electrons. The summed E-state index contributed by atoms with van der Waals surface area (Å²) in [6.07, 6.45) is -1.99. The van der Waals surface area contributed by atoms with Crippen LogP contribution < -0.4 is 0 Å². The molecule has 8 atom stereocenters. The monoisotopic (exact) mass is 464 g/mol. The van der Waals surface area contributed by atoms with E-state index in [1.807, 2.05) is 20.8 Å². The van der Waals surface area contributed by atoms with Gasteiger partial charge in [0.05, 0.1) is 0 Å². The van der Waals surface area contributed by atoms with Crippen molar-refractivity contribution in [3.63, 3.8) is 0 Å². The topological polar surface area (TPSA) is 92.4 Å². The Bertz CT molecular complexity index is 733. The number of nitrogens with zero attached hydrogens (tertiary/aromatic N) is 3. The van der Waals surface area contributed by atoms with Gasteiger partial charge in [0, 0.05) is 0 Å². The van der Waals surface area contributed by atoms with E-state index in [9.17, 15) is 4.79 Å². The van der Waals surface area contributed by atoms with Gasteiger partial charge in [0.25, 0.3) is 0 Å². The van der Waals surface area contributed by atoms with E-state index in [0.29, 0.717) is 6.42 Å². The van der Waals surface area contributed by atoms with Crippen LogP contribution in [-0.4, -0.2) is 87.5 Å². The molecule has 1 amide bonds. The van der Waals surface area contributed by atoms with Gasteiger partial charge in [0.2, 0.25) is 0 Å². The molecule has 8 unspecified atom stereocenters. The molecule has 0 aromatic heterocycles. The molecule has 0 aromatic carbocycles. The summed E-state index contributed by atoms with van der Waals surface area (Å²) in [5.41, 5.74) is -1.01. The van der Waals surface area contributed by atoms with E-state index in [4.69, 9.17) is 42.7 Å². The molecule has 0 aliphatic carbocycles. The number of ether oxygens (including phenoxy) is 5. The fraction of sp³-hybridized carbons (Fsp3) is 0.818. The van der Waals surface area contributed by atoms with Gasteiger partial charge in [-0.05, 0) is 0 Å². The van der Waals surface area contributed by atoms with Crippen molar-refractivity contribution in [1.29, 1.82) is 0 Å². The number of hydrogen-bond donors (Lipinski definition) is 0. The average molecular weight is 464 g/mol. The number of amides is 1. The van der Waals surface area contributed by atoms with E-state index in [-0.39, 0.29) is 31.2 Å². The molecular formula is C22H35BN3O7. The molecule has 0 spiro atoms. The van der Waals surface area contributed by atoms with E-state index in [1.54, 1.807) is 18.7 Å². The molecule has 2 aliphatic heterocycles.